The predicted octanol–water partition coefficient (Wildman–Crippen LogP) is 2.43. The van der Waals surface area contributed by atoms with Crippen molar-refractivity contribution >= 4 is 11.3 Å². The molecule has 2 aromatic heterocycles. The zero-order chi connectivity index (χ0) is 11.2. The Morgan fingerprint density at radius 2 is 2.44 bits per heavy atom. The van der Waals surface area contributed by atoms with Crippen LogP contribution < -0.4 is 5.32 Å². The molecule has 2 rings (SSSR count). The Kier molecular flexibility index (Phi) is 4.13. The normalized spacial score (nSPS) is 10.8. The van der Waals surface area contributed by atoms with Crippen LogP contribution in [-0.4, -0.2) is 16.1 Å². The number of nitrogens with zero attached hydrogens (tertiary/aromatic N) is 2. The number of nitrogens with one attached hydrogen (secondary N) is 1. The highest BCUT2D eigenvalue weighted by molar-refractivity contribution is 7.10. The average Bonchev–Trinajstić information content (AvgIpc) is 2.90. The van der Waals surface area contributed by atoms with E-state index >= 15 is 0 Å². The molecule has 0 bridgehead atoms. The van der Waals surface area contributed by atoms with E-state index in [1.165, 1.54) is 10.4 Å². The van der Waals surface area contributed by atoms with E-state index in [2.05, 4.69) is 33.2 Å². The Morgan fingerprint density at radius 3 is 3.12 bits per heavy atom. The van der Waals surface area contributed by atoms with Gasteiger partial charge in [0.1, 0.15) is 0 Å². The first-order chi connectivity index (χ1) is 7.86. The number of imidazole rings is 1. The molecule has 0 saturated heterocycles. The minimum Gasteiger partial charge on any atom is -0.337 e. The Morgan fingerprint density at radius 1 is 1.50 bits per heavy atom. The van der Waals surface area contributed by atoms with Crippen molar-refractivity contribution in [3.05, 3.63) is 40.6 Å². The van der Waals surface area contributed by atoms with E-state index in [0.717, 1.165) is 26.1 Å². The molecule has 0 aliphatic heterocycles. The van der Waals surface area contributed by atoms with Gasteiger partial charge in [-0.25, -0.2) is 4.98 Å². The van der Waals surface area contributed by atoms with Gasteiger partial charge in [0.25, 0.3) is 0 Å². The lowest BCUT2D eigenvalue weighted by atomic mass is 10.3. The zero-order valence-electron chi connectivity index (χ0n) is 9.52. The van der Waals surface area contributed by atoms with Gasteiger partial charge in [-0.05, 0) is 36.9 Å². The first-order valence-electron chi connectivity index (χ1n) is 5.55. The fraction of sp³-hybridized carbons (Fsp3) is 0.417. The standard InChI is InChI=1S/C12H17N3S/c1-11-3-8-16-12(11)9-13-4-2-6-15-7-5-14-10-15/h3,5,7-8,10,13H,2,4,6,9H2,1H3. The first kappa shape index (κ1) is 11.4. The molecule has 0 aliphatic rings. The fourth-order valence-electron chi connectivity index (χ4n) is 1.59. The fourth-order valence-corrected chi connectivity index (χ4v) is 2.47. The maximum atomic E-state index is 4.02. The van der Waals surface area contributed by atoms with Crippen molar-refractivity contribution in [2.24, 2.45) is 0 Å². The van der Waals surface area contributed by atoms with Crippen LogP contribution in [-0.2, 0) is 13.1 Å². The molecular weight excluding hydrogens is 218 g/mol. The SMILES string of the molecule is Cc1ccsc1CNCCCn1ccnc1. The van der Waals surface area contributed by atoms with Crippen molar-refractivity contribution in [3.63, 3.8) is 0 Å². The third-order valence-electron chi connectivity index (χ3n) is 2.58. The lowest BCUT2D eigenvalue weighted by Crippen LogP contribution is -2.16. The summed E-state index contributed by atoms with van der Waals surface area (Å²) >= 11 is 1.83. The second-order valence-corrected chi connectivity index (χ2v) is 4.86. The first-order valence-corrected chi connectivity index (χ1v) is 6.43. The van der Waals surface area contributed by atoms with Gasteiger partial charge in [0.2, 0.25) is 0 Å². The maximum Gasteiger partial charge on any atom is 0.0945 e. The van der Waals surface area contributed by atoms with Gasteiger partial charge in [0, 0.05) is 30.4 Å². The third-order valence-corrected chi connectivity index (χ3v) is 3.61. The minimum absolute atomic E-state index is 0.993. The molecule has 0 aliphatic carbocycles. The van der Waals surface area contributed by atoms with Crippen LogP contribution in [0.3, 0.4) is 0 Å². The van der Waals surface area contributed by atoms with Gasteiger partial charge in [-0.3, -0.25) is 0 Å². The van der Waals surface area contributed by atoms with Gasteiger partial charge in [-0.15, -0.1) is 11.3 Å². The molecule has 86 valence electrons. The van der Waals surface area contributed by atoms with Crippen molar-refractivity contribution in [2.45, 2.75) is 26.4 Å². The number of aryl methyl sites for hydroxylation is 2. The number of hydrogen-bond acceptors (Lipinski definition) is 3. The van der Waals surface area contributed by atoms with Gasteiger partial charge in [0.15, 0.2) is 0 Å². The second kappa shape index (κ2) is 5.82. The highest BCUT2D eigenvalue weighted by Crippen LogP contribution is 2.14. The van der Waals surface area contributed by atoms with Crippen LogP contribution in [0, 0.1) is 6.92 Å². The van der Waals surface area contributed by atoms with Gasteiger partial charge >= 0.3 is 0 Å². The molecule has 4 heteroatoms. The molecule has 1 N–H and O–H groups in total. The van der Waals surface area contributed by atoms with Crippen molar-refractivity contribution in [3.8, 4) is 0 Å². The van der Waals surface area contributed by atoms with Crippen molar-refractivity contribution in [2.75, 3.05) is 6.54 Å². The average molecular weight is 235 g/mol. The topological polar surface area (TPSA) is 29.9 Å². The molecule has 0 atom stereocenters. The van der Waals surface area contributed by atoms with Crippen LogP contribution in [0.25, 0.3) is 0 Å². The van der Waals surface area contributed by atoms with Gasteiger partial charge in [-0.2, -0.15) is 0 Å². The molecule has 0 amide bonds. The molecule has 2 heterocycles. The van der Waals surface area contributed by atoms with Crippen LogP contribution in [0.2, 0.25) is 0 Å². The highest BCUT2D eigenvalue weighted by atomic mass is 32.1. The third kappa shape index (κ3) is 3.18. The summed E-state index contributed by atoms with van der Waals surface area (Å²) in [5.41, 5.74) is 1.40. The van der Waals surface area contributed by atoms with E-state index in [1.807, 2.05) is 30.1 Å². The Hall–Kier alpha value is -1.13. The summed E-state index contributed by atoms with van der Waals surface area (Å²) in [6.07, 6.45) is 6.83. The summed E-state index contributed by atoms with van der Waals surface area (Å²) in [5.74, 6) is 0. The predicted molar refractivity (Wildman–Crippen MR) is 67.6 cm³/mol. The van der Waals surface area contributed by atoms with Crippen molar-refractivity contribution < 1.29 is 0 Å². The molecule has 0 unspecified atom stereocenters. The van der Waals surface area contributed by atoms with Gasteiger partial charge < -0.3 is 9.88 Å². The summed E-state index contributed by atoms with van der Waals surface area (Å²) in [6, 6.07) is 2.17. The lowest BCUT2D eigenvalue weighted by molar-refractivity contribution is 0.582. The minimum atomic E-state index is 0.993. The summed E-state index contributed by atoms with van der Waals surface area (Å²) < 4.78 is 2.11. The van der Waals surface area contributed by atoms with E-state index in [4.69, 9.17) is 0 Å². The molecule has 0 aromatic carbocycles. The summed E-state index contributed by atoms with van der Waals surface area (Å²) in [5, 5.41) is 5.62. The van der Waals surface area contributed by atoms with Crippen molar-refractivity contribution in [1.29, 1.82) is 0 Å². The van der Waals surface area contributed by atoms with Gasteiger partial charge in [-0.1, -0.05) is 0 Å². The van der Waals surface area contributed by atoms with Crippen LogP contribution in [0.1, 0.15) is 16.9 Å². The Balaban J connectivity index is 1.61. The summed E-state index contributed by atoms with van der Waals surface area (Å²) in [4.78, 5) is 5.46. The quantitative estimate of drug-likeness (QED) is 0.779. The molecule has 16 heavy (non-hydrogen) atoms. The van der Waals surface area contributed by atoms with E-state index < -0.39 is 0 Å². The largest absolute Gasteiger partial charge is 0.337 e. The molecule has 0 spiro atoms. The van der Waals surface area contributed by atoms with Crippen LogP contribution in [0.5, 0.6) is 0 Å². The molecule has 3 nitrogen and oxygen atoms in total. The molecule has 0 saturated carbocycles. The zero-order valence-corrected chi connectivity index (χ0v) is 10.3. The van der Waals surface area contributed by atoms with E-state index in [9.17, 15) is 0 Å². The van der Waals surface area contributed by atoms with Gasteiger partial charge in [0.05, 0.1) is 6.33 Å². The van der Waals surface area contributed by atoms with E-state index in [-0.39, 0.29) is 0 Å². The lowest BCUT2D eigenvalue weighted by Gasteiger charge is -2.04. The number of thiophene rings is 1. The monoisotopic (exact) mass is 235 g/mol. The Bertz CT molecular complexity index is 406. The number of hydrogen-bond donors (Lipinski definition) is 1. The molecule has 2 aromatic rings. The second-order valence-electron chi connectivity index (χ2n) is 3.86. The Labute approximate surface area is 100 Å². The van der Waals surface area contributed by atoms with Crippen LogP contribution in [0.4, 0.5) is 0 Å². The summed E-state index contributed by atoms with van der Waals surface area (Å²) in [7, 11) is 0. The number of aromatic nitrogens is 2. The highest BCUT2D eigenvalue weighted by Gasteiger charge is 1.98. The van der Waals surface area contributed by atoms with Crippen LogP contribution >= 0.6 is 11.3 Å². The van der Waals surface area contributed by atoms with E-state index in [0.29, 0.717) is 0 Å². The molecular formula is C12H17N3S. The van der Waals surface area contributed by atoms with Crippen molar-refractivity contribution in [1.82, 2.24) is 14.9 Å². The van der Waals surface area contributed by atoms with Crippen LogP contribution in [0.15, 0.2) is 30.2 Å². The molecule has 0 fully saturated rings. The summed E-state index contributed by atoms with van der Waals surface area (Å²) in [6.45, 7) is 5.25. The van der Waals surface area contributed by atoms with E-state index in [1.54, 1.807) is 0 Å². The number of rotatable bonds is 6. The maximum absolute atomic E-state index is 4.02. The molecule has 0 radical (unpaired) electrons. The smallest absolute Gasteiger partial charge is 0.0945 e.